The van der Waals surface area contributed by atoms with E-state index in [1.165, 1.54) is 12.1 Å². The van der Waals surface area contributed by atoms with Crippen LogP contribution in [0.2, 0.25) is 0 Å². The van der Waals surface area contributed by atoms with E-state index < -0.39 is 5.97 Å². The van der Waals surface area contributed by atoms with Gasteiger partial charge in [-0.2, -0.15) is 0 Å². The second-order valence-electron chi connectivity index (χ2n) is 5.46. The monoisotopic (exact) mass is 312 g/mol. The highest BCUT2D eigenvalue weighted by molar-refractivity contribution is 5.93. The van der Waals surface area contributed by atoms with Crippen LogP contribution in [0.5, 0.6) is 0 Å². The van der Waals surface area contributed by atoms with Crippen molar-refractivity contribution >= 4 is 17.0 Å². The summed E-state index contributed by atoms with van der Waals surface area (Å²) in [4.78, 5) is 15.7. The minimum atomic E-state index is -0.974. The maximum Gasteiger partial charge on any atom is 0.335 e. The van der Waals surface area contributed by atoms with Crippen molar-refractivity contribution in [1.29, 1.82) is 0 Å². The van der Waals surface area contributed by atoms with Gasteiger partial charge in [0.25, 0.3) is 0 Å². The third-order valence-electron chi connectivity index (χ3n) is 3.83. The third-order valence-corrected chi connectivity index (χ3v) is 3.83. The van der Waals surface area contributed by atoms with E-state index >= 15 is 0 Å². The zero-order valence-corrected chi connectivity index (χ0v) is 12.8. The number of rotatable bonds is 5. The molecule has 0 aliphatic carbocycles. The second kappa shape index (κ2) is 6.20. The summed E-state index contributed by atoms with van der Waals surface area (Å²) in [7, 11) is 0. The molecule has 0 radical (unpaired) electrons. The summed E-state index contributed by atoms with van der Waals surface area (Å²) in [6.45, 7) is 2.89. The number of aromatic nitrogens is 2. The van der Waals surface area contributed by atoms with Gasteiger partial charge in [-0.3, -0.25) is 0 Å². The number of nitrogens with zero attached hydrogens (tertiary/aromatic N) is 2. The summed E-state index contributed by atoms with van der Waals surface area (Å²) < 4.78 is 15.2. The molecule has 0 saturated carbocycles. The van der Waals surface area contributed by atoms with Gasteiger partial charge in [-0.05, 0) is 48.9 Å². The molecular formula is C18H17FN2O2. The van der Waals surface area contributed by atoms with E-state index in [4.69, 9.17) is 5.11 Å². The Morgan fingerprint density at radius 2 is 1.96 bits per heavy atom. The first-order valence-electron chi connectivity index (χ1n) is 7.59. The number of carbonyl (C=O) groups is 1. The van der Waals surface area contributed by atoms with Crippen LogP contribution in [0.4, 0.5) is 4.39 Å². The van der Waals surface area contributed by atoms with Crippen LogP contribution in [-0.2, 0) is 6.54 Å². The molecule has 0 spiro atoms. The molecule has 118 valence electrons. The van der Waals surface area contributed by atoms with Crippen molar-refractivity contribution in [1.82, 2.24) is 9.55 Å². The molecule has 1 aromatic heterocycles. The Bertz CT molecular complexity index is 853. The molecule has 2 aromatic carbocycles. The van der Waals surface area contributed by atoms with Crippen LogP contribution in [0, 0.1) is 5.82 Å². The first-order chi connectivity index (χ1) is 11.1. The highest BCUT2D eigenvalue weighted by Crippen LogP contribution is 2.26. The maximum absolute atomic E-state index is 13.2. The minimum Gasteiger partial charge on any atom is -0.478 e. The highest BCUT2D eigenvalue weighted by Gasteiger charge is 2.14. The van der Waals surface area contributed by atoms with Gasteiger partial charge in [0.1, 0.15) is 11.6 Å². The number of hydrogen-bond donors (Lipinski definition) is 1. The summed E-state index contributed by atoms with van der Waals surface area (Å²) in [6, 6.07) is 11.1. The van der Waals surface area contributed by atoms with Crippen molar-refractivity contribution in [2.75, 3.05) is 0 Å². The molecule has 0 aliphatic rings. The molecule has 0 bridgehead atoms. The van der Waals surface area contributed by atoms with E-state index in [0.717, 1.165) is 36.3 Å². The van der Waals surface area contributed by atoms with E-state index in [2.05, 4.69) is 16.5 Å². The molecule has 0 unspecified atom stereocenters. The third kappa shape index (κ3) is 2.95. The highest BCUT2D eigenvalue weighted by atomic mass is 19.1. The number of benzene rings is 2. The molecule has 1 N–H and O–H groups in total. The van der Waals surface area contributed by atoms with E-state index in [1.54, 1.807) is 30.3 Å². The lowest BCUT2D eigenvalue weighted by Gasteiger charge is -2.08. The standard InChI is InChI=1S/C18H17FN2O2/c1-2-3-10-21-16-9-6-13(18(22)23)11-15(16)20-17(21)12-4-7-14(19)8-5-12/h4-9,11H,2-3,10H2,1H3,(H,22,23). The van der Waals surface area contributed by atoms with Crippen molar-refractivity contribution in [2.24, 2.45) is 0 Å². The molecule has 3 rings (SSSR count). The zero-order chi connectivity index (χ0) is 16.4. The van der Waals surface area contributed by atoms with E-state index in [0.29, 0.717) is 5.52 Å². The van der Waals surface area contributed by atoms with Gasteiger partial charge in [0, 0.05) is 12.1 Å². The number of carboxylic acids is 1. The summed E-state index contributed by atoms with van der Waals surface area (Å²) in [5, 5.41) is 9.13. The Morgan fingerprint density at radius 3 is 2.61 bits per heavy atom. The average Bonchev–Trinajstić information content (AvgIpc) is 2.91. The lowest BCUT2D eigenvalue weighted by atomic mass is 10.2. The van der Waals surface area contributed by atoms with Crippen LogP contribution < -0.4 is 0 Å². The summed E-state index contributed by atoms with van der Waals surface area (Å²) in [5.41, 5.74) is 2.56. The van der Waals surface area contributed by atoms with Crippen LogP contribution in [0.3, 0.4) is 0 Å². The Hall–Kier alpha value is -2.69. The summed E-state index contributed by atoms with van der Waals surface area (Å²) in [5.74, 6) is -0.535. The molecule has 0 fully saturated rings. The van der Waals surface area contributed by atoms with Gasteiger partial charge in [-0.25, -0.2) is 14.2 Å². The molecule has 4 nitrogen and oxygen atoms in total. The first-order valence-corrected chi connectivity index (χ1v) is 7.59. The average molecular weight is 312 g/mol. The maximum atomic E-state index is 13.2. The van der Waals surface area contributed by atoms with Crippen LogP contribution in [0.1, 0.15) is 30.1 Å². The molecule has 1 heterocycles. The number of imidazole rings is 1. The molecule has 0 aliphatic heterocycles. The number of unbranched alkanes of at least 4 members (excludes halogenated alkanes) is 1. The molecular weight excluding hydrogens is 295 g/mol. The topological polar surface area (TPSA) is 55.1 Å². The molecule has 0 saturated heterocycles. The lowest BCUT2D eigenvalue weighted by Crippen LogP contribution is -2.01. The number of halogens is 1. The lowest BCUT2D eigenvalue weighted by molar-refractivity contribution is 0.0697. The minimum absolute atomic E-state index is 0.211. The van der Waals surface area contributed by atoms with E-state index in [9.17, 15) is 9.18 Å². The molecule has 23 heavy (non-hydrogen) atoms. The Labute approximate surface area is 133 Å². The summed E-state index contributed by atoms with van der Waals surface area (Å²) >= 11 is 0. The SMILES string of the molecule is CCCCn1c(-c2ccc(F)cc2)nc2cc(C(=O)O)ccc21. The second-order valence-corrected chi connectivity index (χ2v) is 5.46. The fourth-order valence-corrected chi connectivity index (χ4v) is 2.62. The number of hydrogen-bond acceptors (Lipinski definition) is 2. The molecule has 5 heteroatoms. The Balaban J connectivity index is 2.17. The molecule has 0 amide bonds. The largest absolute Gasteiger partial charge is 0.478 e. The zero-order valence-electron chi connectivity index (χ0n) is 12.8. The van der Waals surface area contributed by atoms with Gasteiger partial charge in [-0.15, -0.1) is 0 Å². The van der Waals surface area contributed by atoms with Crippen LogP contribution in [0.25, 0.3) is 22.4 Å². The number of aryl methyl sites for hydroxylation is 1. The number of aromatic carboxylic acids is 1. The Morgan fingerprint density at radius 1 is 1.22 bits per heavy atom. The summed E-state index contributed by atoms with van der Waals surface area (Å²) in [6.07, 6.45) is 2.02. The van der Waals surface area contributed by atoms with Gasteiger partial charge in [0.15, 0.2) is 0 Å². The number of fused-ring (bicyclic) bond motifs is 1. The van der Waals surface area contributed by atoms with Crippen molar-refractivity contribution in [3.05, 3.63) is 53.8 Å². The predicted molar refractivity (Wildman–Crippen MR) is 87.0 cm³/mol. The van der Waals surface area contributed by atoms with Gasteiger partial charge in [-0.1, -0.05) is 13.3 Å². The van der Waals surface area contributed by atoms with Crippen LogP contribution in [-0.4, -0.2) is 20.6 Å². The van der Waals surface area contributed by atoms with Crippen molar-refractivity contribution < 1.29 is 14.3 Å². The number of carboxylic acid groups (broad SMARTS) is 1. The van der Waals surface area contributed by atoms with Gasteiger partial charge in [0.05, 0.1) is 16.6 Å². The van der Waals surface area contributed by atoms with Gasteiger partial charge >= 0.3 is 5.97 Å². The van der Waals surface area contributed by atoms with Crippen LogP contribution in [0.15, 0.2) is 42.5 Å². The smallest absolute Gasteiger partial charge is 0.335 e. The molecule has 3 aromatic rings. The first kappa shape index (κ1) is 15.2. The van der Waals surface area contributed by atoms with Crippen molar-refractivity contribution in [3.8, 4) is 11.4 Å². The molecule has 0 atom stereocenters. The van der Waals surface area contributed by atoms with E-state index in [1.807, 2.05) is 0 Å². The van der Waals surface area contributed by atoms with Gasteiger partial charge in [0.2, 0.25) is 0 Å². The van der Waals surface area contributed by atoms with Crippen LogP contribution >= 0.6 is 0 Å². The van der Waals surface area contributed by atoms with Gasteiger partial charge < -0.3 is 9.67 Å². The van der Waals surface area contributed by atoms with Crippen molar-refractivity contribution in [2.45, 2.75) is 26.3 Å². The quantitative estimate of drug-likeness (QED) is 0.762. The van der Waals surface area contributed by atoms with E-state index in [-0.39, 0.29) is 11.4 Å². The predicted octanol–water partition coefficient (Wildman–Crippen LogP) is 4.34. The fraction of sp³-hybridized carbons (Fsp3) is 0.222. The Kier molecular flexibility index (Phi) is 4.10. The fourth-order valence-electron chi connectivity index (χ4n) is 2.62. The normalized spacial score (nSPS) is 11.0. The van der Waals surface area contributed by atoms with Crippen molar-refractivity contribution in [3.63, 3.8) is 0 Å².